The molecule has 0 bridgehead atoms. The van der Waals surface area contributed by atoms with Crippen LogP contribution in [0, 0.1) is 5.92 Å². The minimum atomic E-state index is -0.672. The average Bonchev–Trinajstić information content (AvgIpc) is 2.66. The van der Waals surface area contributed by atoms with Crippen LogP contribution in [0.3, 0.4) is 0 Å². The SMILES string of the molecule is COc1cccc(/C=C/C(=O)OCC(=O)NC(=O)N[C@@H]2CCCC[C@@H]2C)c1. The molecule has 1 aromatic rings. The van der Waals surface area contributed by atoms with Crippen LogP contribution >= 0.6 is 0 Å². The molecular weight excluding hydrogens is 348 g/mol. The summed E-state index contributed by atoms with van der Waals surface area (Å²) in [5.41, 5.74) is 0.761. The van der Waals surface area contributed by atoms with Gasteiger partial charge in [0.15, 0.2) is 6.61 Å². The van der Waals surface area contributed by atoms with Crippen LogP contribution in [0.4, 0.5) is 4.79 Å². The van der Waals surface area contributed by atoms with Crippen molar-refractivity contribution in [1.82, 2.24) is 10.6 Å². The monoisotopic (exact) mass is 374 g/mol. The molecule has 1 aliphatic rings. The minimum absolute atomic E-state index is 0.0693. The lowest BCUT2D eigenvalue weighted by atomic mass is 9.86. The summed E-state index contributed by atoms with van der Waals surface area (Å²) >= 11 is 0. The Hall–Kier alpha value is -2.83. The van der Waals surface area contributed by atoms with Gasteiger partial charge in [0.05, 0.1) is 7.11 Å². The molecule has 146 valence electrons. The molecule has 0 aromatic heterocycles. The van der Waals surface area contributed by atoms with E-state index < -0.39 is 24.5 Å². The van der Waals surface area contributed by atoms with Crippen LogP contribution in [-0.4, -0.2) is 37.7 Å². The number of ether oxygens (including phenoxy) is 2. The molecule has 27 heavy (non-hydrogen) atoms. The lowest BCUT2D eigenvalue weighted by molar-refractivity contribution is -0.143. The molecular formula is C20H26N2O5. The van der Waals surface area contributed by atoms with Gasteiger partial charge in [0.25, 0.3) is 5.91 Å². The van der Waals surface area contributed by atoms with Crippen LogP contribution in [0.2, 0.25) is 0 Å². The van der Waals surface area contributed by atoms with E-state index in [1.807, 2.05) is 0 Å². The van der Waals surface area contributed by atoms with Crippen molar-refractivity contribution in [2.75, 3.05) is 13.7 Å². The van der Waals surface area contributed by atoms with E-state index in [1.54, 1.807) is 37.5 Å². The number of hydrogen-bond acceptors (Lipinski definition) is 5. The number of carbonyl (C=O) groups is 3. The normalized spacial score (nSPS) is 19.3. The highest BCUT2D eigenvalue weighted by Crippen LogP contribution is 2.23. The van der Waals surface area contributed by atoms with Gasteiger partial charge in [0.1, 0.15) is 5.75 Å². The van der Waals surface area contributed by atoms with Gasteiger partial charge >= 0.3 is 12.0 Å². The van der Waals surface area contributed by atoms with Crippen LogP contribution in [0.15, 0.2) is 30.3 Å². The fourth-order valence-electron chi connectivity index (χ4n) is 2.99. The zero-order valence-corrected chi connectivity index (χ0v) is 15.7. The number of methoxy groups -OCH3 is 1. The number of benzene rings is 1. The molecule has 2 atom stereocenters. The first kappa shape index (κ1) is 20.5. The van der Waals surface area contributed by atoms with Crippen molar-refractivity contribution >= 4 is 24.0 Å². The summed E-state index contributed by atoms with van der Waals surface area (Å²) in [5, 5.41) is 4.99. The Bertz CT molecular complexity index is 701. The molecule has 1 aromatic carbocycles. The number of rotatable bonds is 6. The van der Waals surface area contributed by atoms with Crippen molar-refractivity contribution in [3.63, 3.8) is 0 Å². The van der Waals surface area contributed by atoms with Crippen LogP contribution in [0.25, 0.3) is 6.08 Å². The van der Waals surface area contributed by atoms with E-state index in [4.69, 9.17) is 9.47 Å². The lowest BCUT2D eigenvalue weighted by Gasteiger charge is -2.29. The van der Waals surface area contributed by atoms with Gasteiger partial charge in [-0.05, 0) is 42.5 Å². The molecule has 2 N–H and O–H groups in total. The molecule has 0 heterocycles. The number of amides is 3. The van der Waals surface area contributed by atoms with Crippen molar-refractivity contribution in [1.29, 1.82) is 0 Å². The van der Waals surface area contributed by atoms with E-state index in [-0.39, 0.29) is 6.04 Å². The Balaban J connectivity index is 1.71. The third kappa shape index (κ3) is 7.13. The molecule has 2 rings (SSSR count). The molecule has 7 heteroatoms. The van der Waals surface area contributed by atoms with Gasteiger partial charge in [-0.25, -0.2) is 9.59 Å². The zero-order chi connectivity index (χ0) is 19.6. The number of esters is 1. The number of nitrogens with one attached hydrogen (secondary N) is 2. The van der Waals surface area contributed by atoms with E-state index in [0.717, 1.165) is 24.8 Å². The highest BCUT2D eigenvalue weighted by atomic mass is 16.5. The van der Waals surface area contributed by atoms with Crippen LogP contribution in [0.5, 0.6) is 5.75 Å². The van der Waals surface area contributed by atoms with Gasteiger partial charge in [-0.15, -0.1) is 0 Å². The highest BCUT2D eigenvalue weighted by molar-refractivity contribution is 5.96. The average molecular weight is 374 g/mol. The molecule has 0 radical (unpaired) electrons. The van der Waals surface area contributed by atoms with Crippen molar-refractivity contribution in [2.45, 2.75) is 38.6 Å². The second kappa shape index (κ2) is 10.4. The summed E-state index contributed by atoms with van der Waals surface area (Å²) in [4.78, 5) is 35.3. The predicted octanol–water partition coefficient (Wildman–Crippen LogP) is 2.66. The number of imide groups is 1. The molecule has 1 saturated carbocycles. The molecule has 7 nitrogen and oxygen atoms in total. The first-order valence-corrected chi connectivity index (χ1v) is 9.07. The van der Waals surface area contributed by atoms with Gasteiger partial charge in [-0.3, -0.25) is 10.1 Å². The van der Waals surface area contributed by atoms with Gasteiger partial charge < -0.3 is 14.8 Å². The van der Waals surface area contributed by atoms with Crippen molar-refractivity contribution < 1.29 is 23.9 Å². The second-order valence-corrected chi connectivity index (χ2v) is 6.61. The molecule has 0 unspecified atom stereocenters. The van der Waals surface area contributed by atoms with Gasteiger partial charge in [-0.2, -0.15) is 0 Å². The molecule has 1 aliphatic carbocycles. The zero-order valence-electron chi connectivity index (χ0n) is 15.7. The standard InChI is InChI=1S/C20H26N2O5/c1-14-6-3-4-9-17(14)21-20(25)22-18(23)13-27-19(24)11-10-15-7-5-8-16(12-15)26-2/h5,7-8,10-12,14,17H,3-4,6,9,13H2,1-2H3,(H2,21,22,23,25)/b11-10+/t14-,17+/m0/s1. The maximum Gasteiger partial charge on any atom is 0.331 e. The number of carbonyl (C=O) groups excluding carboxylic acids is 3. The van der Waals surface area contributed by atoms with Crippen LogP contribution in [-0.2, 0) is 14.3 Å². The summed E-state index contributed by atoms with van der Waals surface area (Å²) in [6.45, 7) is 1.57. The Labute approximate surface area is 159 Å². The van der Waals surface area contributed by atoms with Crippen molar-refractivity contribution in [2.24, 2.45) is 5.92 Å². The van der Waals surface area contributed by atoms with Crippen molar-refractivity contribution in [3.8, 4) is 5.75 Å². The predicted molar refractivity (Wildman–Crippen MR) is 101 cm³/mol. The summed E-state index contributed by atoms with van der Waals surface area (Å²) in [7, 11) is 1.56. The van der Waals surface area contributed by atoms with Crippen molar-refractivity contribution in [3.05, 3.63) is 35.9 Å². The van der Waals surface area contributed by atoms with E-state index in [2.05, 4.69) is 17.6 Å². The summed E-state index contributed by atoms with van der Waals surface area (Å²) in [6.07, 6.45) is 6.98. The minimum Gasteiger partial charge on any atom is -0.497 e. The topological polar surface area (TPSA) is 93.7 Å². The second-order valence-electron chi connectivity index (χ2n) is 6.61. The smallest absolute Gasteiger partial charge is 0.331 e. The van der Waals surface area contributed by atoms with E-state index >= 15 is 0 Å². The Morgan fingerprint density at radius 2 is 2.00 bits per heavy atom. The molecule has 0 spiro atoms. The fraction of sp³-hybridized carbons (Fsp3) is 0.450. The summed E-state index contributed by atoms with van der Waals surface area (Å²) < 4.78 is 9.94. The third-order valence-electron chi connectivity index (χ3n) is 4.53. The van der Waals surface area contributed by atoms with E-state index in [0.29, 0.717) is 11.7 Å². The van der Waals surface area contributed by atoms with Crippen LogP contribution in [0.1, 0.15) is 38.2 Å². The van der Waals surface area contributed by atoms with Gasteiger partial charge in [0.2, 0.25) is 0 Å². The highest BCUT2D eigenvalue weighted by Gasteiger charge is 2.23. The van der Waals surface area contributed by atoms with E-state index in [9.17, 15) is 14.4 Å². The number of hydrogen-bond donors (Lipinski definition) is 2. The number of urea groups is 1. The molecule has 0 aliphatic heterocycles. The maximum absolute atomic E-state index is 11.9. The largest absolute Gasteiger partial charge is 0.497 e. The fourth-order valence-corrected chi connectivity index (χ4v) is 2.99. The Morgan fingerprint density at radius 1 is 1.22 bits per heavy atom. The molecule has 1 fully saturated rings. The first-order chi connectivity index (χ1) is 13.0. The maximum atomic E-state index is 11.9. The Kier molecular flexibility index (Phi) is 7.85. The van der Waals surface area contributed by atoms with Gasteiger partial charge in [-0.1, -0.05) is 31.9 Å². The summed E-state index contributed by atoms with van der Waals surface area (Å²) in [6, 6.07) is 6.66. The van der Waals surface area contributed by atoms with E-state index in [1.165, 1.54) is 12.5 Å². The van der Waals surface area contributed by atoms with Gasteiger partial charge in [0, 0.05) is 12.1 Å². The van der Waals surface area contributed by atoms with Crippen LogP contribution < -0.4 is 15.4 Å². The Morgan fingerprint density at radius 3 is 2.74 bits per heavy atom. The summed E-state index contributed by atoms with van der Waals surface area (Å²) in [5.74, 6) is -0.282. The quantitative estimate of drug-likeness (QED) is 0.590. The third-order valence-corrected chi connectivity index (χ3v) is 4.53. The first-order valence-electron chi connectivity index (χ1n) is 9.07. The molecule has 0 saturated heterocycles. The molecule has 3 amide bonds. The lowest BCUT2D eigenvalue weighted by Crippen LogP contribution is -2.48.